The maximum absolute atomic E-state index is 14.1. The van der Waals surface area contributed by atoms with Crippen LogP contribution < -0.4 is 10.1 Å². The maximum Gasteiger partial charge on any atom is 0.303 e. The summed E-state index contributed by atoms with van der Waals surface area (Å²) in [5.74, 6) is -1.33. The van der Waals surface area contributed by atoms with Crippen LogP contribution in [0.4, 0.5) is 4.39 Å². The average molecular weight is 472 g/mol. The lowest BCUT2D eigenvalue weighted by molar-refractivity contribution is -0.137. The van der Waals surface area contributed by atoms with Gasteiger partial charge >= 0.3 is 5.97 Å². The Bertz CT molecular complexity index is 1360. The Morgan fingerprint density at radius 3 is 2.51 bits per heavy atom. The molecule has 0 saturated carbocycles. The Labute approximate surface area is 203 Å². The maximum atomic E-state index is 14.1. The molecule has 6 heteroatoms. The minimum atomic E-state index is -0.889. The van der Waals surface area contributed by atoms with Crippen molar-refractivity contribution in [3.63, 3.8) is 0 Å². The van der Waals surface area contributed by atoms with Crippen LogP contribution in [0.1, 0.15) is 47.3 Å². The molecule has 0 aliphatic rings. The molecule has 5 nitrogen and oxygen atoms in total. The van der Waals surface area contributed by atoms with Crippen molar-refractivity contribution in [1.29, 1.82) is 0 Å². The fourth-order valence-corrected chi connectivity index (χ4v) is 4.11. The first-order valence-electron chi connectivity index (χ1n) is 11.5. The lowest BCUT2D eigenvalue weighted by Gasteiger charge is -2.19. The van der Waals surface area contributed by atoms with Gasteiger partial charge in [-0.15, -0.1) is 0 Å². The normalized spacial score (nSPS) is 11.7. The third-order valence-corrected chi connectivity index (χ3v) is 5.86. The molecule has 1 atom stereocenters. The molecule has 4 aromatic rings. The summed E-state index contributed by atoms with van der Waals surface area (Å²) in [7, 11) is 0. The summed E-state index contributed by atoms with van der Waals surface area (Å²) in [4.78, 5) is 24.4. The molecule has 178 valence electrons. The molecule has 35 heavy (non-hydrogen) atoms. The molecule has 0 saturated heterocycles. The molecule has 1 amide bonds. The Hall–Kier alpha value is -4.19. The van der Waals surface area contributed by atoms with E-state index >= 15 is 0 Å². The summed E-state index contributed by atoms with van der Waals surface area (Å²) in [6.45, 7) is 1.92. The van der Waals surface area contributed by atoms with Crippen LogP contribution in [0.15, 0.2) is 84.9 Å². The molecule has 0 radical (unpaired) electrons. The zero-order valence-corrected chi connectivity index (χ0v) is 19.3. The molecular formula is C29H26FNO4. The second kappa shape index (κ2) is 10.8. The van der Waals surface area contributed by atoms with Crippen molar-refractivity contribution in [3.05, 3.63) is 107 Å². The van der Waals surface area contributed by atoms with E-state index in [0.717, 1.165) is 16.3 Å². The number of rotatable bonds is 9. The van der Waals surface area contributed by atoms with E-state index in [9.17, 15) is 14.0 Å². The van der Waals surface area contributed by atoms with Crippen molar-refractivity contribution in [3.8, 4) is 11.5 Å². The highest BCUT2D eigenvalue weighted by Crippen LogP contribution is 2.28. The highest BCUT2D eigenvalue weighted by atomic mass is 19.1. The van der Waals surface area contributed by atoms with Crippen LogP contribution in [0.3, 0.4) is 0 Å². The average Bonchev–Trinajstić information content (AvgIpc) is 2.85. The number of ether oxygens (including phenoxy) is 1. The molecule has 0 aliphatic carbocycles. The molecule has 0 spiro atoms. The number of hydrogen-bond acceptors (Lipinski definition) is 3. The van der Waals surface area contributed by atoms with Crippen LogP contribution in [0.2, 0.25) is 0 Å². The lowest BCUT2D eigenvalue weighted by Crippen LogP contribution is -2.27. The highest BCUT2D eigenvalue weighted by molar-refractivity contribution is 5.97. The minimum Gasteiger partial charge on any atom is -0.481 e. The zero-order chi connectivity index (χ0) is 24.8. The van der Waals surface area contributed by atoms with Gasteiger partial charge in [0.1, 0.15) is 5.75 Å². The van der Waals surface area contributed by atoms with Gasteiger partial charge in [0.2, 0.25) is 0 Å². The third kappa shape index (κ3) is 5.84. The number of benzene rings is 4. The first kappa shape index (κ1) is 24.0. The van der Waals surface area contributed by atoms with E-state index in [4.69, 9.17) is 9.84 Å². The summed E-state index contributed by atoms with van der Waals surface area (Å²) in [6, 6.07) is 24.7. The van der Waals surface area contributed by atoms with E-state index in [1.54, 1.807) is 30.3 Å². The van der Waals surface area contributed by atoms with Crippen LogP contribution >= 0.6 is 0 Å². The van der Waals surface area contributed by atoms with E-state index in [1.165, 1.54) is 12.1 Å². The van der Waals surface area contributed by atoms with Crippen molar-refractivity contribution >= 4 is 22.6 Å². The smallest absolute Gasteiger partial charge is 0.303 e. The van der Waals surface area contributed by atoms with Crippen molar-refractivity contribution in [2.75, 3.05) is 0 Å². The molecule has 2 N–H and O–H groups in total. The number of hydrogen-bond donors (Lipinski definition) is 2. The Morgan fingerprint density at radius 1 is 0.971 bits per heavy atom. The number of halogens is 1. The monoisotopic (exact) mass is 471 g/mol. The number of para-hydroxylation sites is 1. The topological polar surface area (TPSA) is 75.6 Å². The number of fused-ring (bicyclic) bond motifs is 1. The van der Waals surface area contributed by atoms with Crippen molar-refractivity contribution in [2.45, 2.75) is 32.2 Å². The Balaban J connectivity index is 1.61. The SMILES string of the molecule is CC(NC(=O)c1cc(Oc2ccccc2F)ccc1CCCC(=O)O)c1cccc2ccccc12. The quantitative estimate of drug-likeness (QED) is 0.286. The summed E-state index contributed by atoms with van der Waals surface area (Å²) in [6.07, 6.45) is 0.806. The number of nitrogens with one attached hydrogen (secondary N) is 1. The molecule has 0 aliphatic heterocycles. The molecular weight excluding hydrogens is 445 g/mol. The van der Waals surface area contributed by atoms with E-state index in [2.05, 4.69) is 5.32 Å². The van der Waals surface area contributed by atoms with Crippen molar-refractivity contribution in [2.24, 2.45) is 0 Å². The standard InChI is InChI=1S/C29H26FNO4/c1-19(23-12-6-9-20-8-2-3-11-24(20)23)31-29(34)25-18-22(35-27-14-5-4-13-26(27)30)17-16-21(25)10-7-15-28(32)33/h2-6,8-9,11-14,16-19H,7,10,15H2,1H3,(H,31,34)(H,32,33). The number of aryl methyl sites for hydroxylation is 1. The fraction of sp³-hybridized carbons (Fsp3) is 0.172. The number of carboxylic acid groups (broad SMARTS) is 1. The van der Waals surface area contributed by atoms with Crippen LogP contribution in [0.25, 0.3) is 10.8 Å². The van der Waals surface area contributed by atoms with Gasteiger partial charge in [0.05, 0.1) is 6.04 Å². The van der Waals surface area contributed by atoms with Gasteiger partial charge in [0.15, 0.2) is 11.6 Å². The molecule has 0 aromatic heterocycles. The number of carboxylic acids is 1. The Kier molecular flexibility index (Phi) is 7.41. The van der Waals surface area contributed by atoms with Gasteiger partial charge in [-0.2, -0.15) is 0 Å². The molecule has 0 heterocycles. The second-order valence-corrected chi connectivity index (χ2v) is 8.36. The largest absolute Gasteiger partial charge is 0.481 e. The highest BCUT2D eigenvalue weighted by Gasteiger charge is 2.18. The van der Waals surface area contributed by atoms with E-state index in [1.807, 2.05) is 49.4 Å². The summed E-state index contributed by atoms with van der Waals surface area (Å²) >= 11 is 0. The zero-order valence-electron chi connectivity index (χ0n) is 19.3. The molecule has 0 bridgehead atoms. The fourth-order valence-electron chi connectivity index (χ4n) is 4.11. The van der Waals surface area contributed by atoms with Gasteiger partial charge in [0.25, 0.3) is 5.91 Å². The van der Waals surface area contributed by atoms with Gasteiger partial charge in [-0.3, -0.25) is 9.59 Å². The van der Waals surface area contributed by atoms with Crippen LogP contribution in [-0.4, -0.2) is 17.0 Å². The summed E-state index contributed by atoms with van der Waals surface area (Å²) in [5, 5.41) is 14.2. The number of aliphatic carboxylic acids is 1. The first-order chi connectivity index (χ1) is 16.9. The minimum absolute atomic E-state index is 0.000937. The van der Waals surface area contributed by atoms with Gasteiger partial charge in [0, 0.05) is 12.0 Å². The molecule has 4 rings (SSSR count). The van der Waals surface area contributed by atoms with Gasteiger partial charge < -0.3 is 15.2 Å². The Morgan fingerprint density at radius 2 is 1.71 bits per heavy atom. The van der Waals surface area contributed by atoms with E-state index in [0.29, 0.717) is 29.7 Å². The molecule has 1 unspecified atom stereocenters. The van der Waals surface area contributed by atoms with Gasteiger partial charge in [-0.1, -0.05) is 60.7 Å². The van der Waals surface area contributed by atoms with Crippen LogP contribution in [0.5, 0.6) is 11.5 Å². The van der Waals surface area contributed by atoms with E-state index < -0.39 is 11.8 Å². The van der Waals surface area contributed by atoms with Gasteiger partial charge in [-0.25, -0.2) is 4.39 Å². The number of amides is 1. The predicted octanol–water partition coefficient (Wildman–Crippen LogP) is 6.67. The first-order valence-corrected chi connectivity index (χ1v) is 11.5. The molecule has 4 aromatic carbocycles. The second-order valence-electron chi connectivity index (χ2n) is 8.36. The lowest BCUT2D eigenvalue weighted by atomic mass is 9.98. The molecule has 0 fully saturated rings. The van der Waals surface area contributed by atoms with Gasteiger partial charge in [-0.05, 0) is 65.9 Å². The number of carbonyl (C=O) groups is 2. The number of carbonyl (C=O) groups excluding carboxylic acids is 1. The van der Waals surface area contributed by atoms with Crippen LogP contribution in [0, 0.1) is 5.82 Å². The van der Waals surface area contributed by atoms with E-state index in [-0.39, 0.29) is 24.1 Å². The van der Waals surface area contributed by atoms with Crippen molar-refractivity contribution < 1.29 is 23.8 Å². The summed E-state index contributed by atoms with van der Waals surface area (Å²) < 4.78 is 19.8. The summed E-state index contributed by atoms with van der Waals surface area (Å²) in [5.41, 5.74) is 2.06. The van der Waals surface area contributed by atoms with Crippen molar-refractivity contribution in [1.82, 2.24) is 5.32 Å². The third-order valence-electron chi connectivity index (χ3n) is 5.86. The van der Waals surface area contributed by atoms with Crippen LogP contribution in [-0.2, 0) is 11.2 Å². The predicted molar refractivity (Wildman–Crippen MR) is 133 cm³/mol.